The maximum Gasteiger partial charge on any atom is 0.176 e. The monoisotopic (exact) mass is 255 g/mol. The van der Waals surface area contributed by atoms with Crippen LogP contribution in [0.1, 0.15) is 21.5 Å². The van der Waals surface area contributed by atoms with Crippen molar-refractivity contribution in [1.29, 1.82) is 0 Å². The molecule has 0 aliphatic rings. The van der Waals surface area contributed by atoms with E-state index in [4.69, 9.17) is 0 Å². The molecule has 0 saturated carbocycles. The number of ketones is 1. The zero-order valence-electron chi connectivity index (χ0n) is 8.65. The molecule has 1 aromatic rings. The van der Waals surface area contributed by atoms with Crippen LogP contribution < -0.4 is 5.32 Å². The van der Waals surface area contributed by atoms with Gasteiger partial charge in [-0.3, -0.25) is 4.79 Å². The van der Waals surface area contributed by atoms with Gasteiger partial charge in [0.1, 0.15) is 0 Å². The lowest BCUT2D eigenvalue weighted by atomic mass is 10.0. The van der Waals surface area contributed by atoms with Crippen LogP contribution in [0.15, 0.2) is 16.6 Å². The summed E-state index contributed by atoms with van der Waals surface area (Å²) in [6.07, 6.45) is 0. The van der Waals surface area contributed by atoms with Crippen LogP contribution >= 0.6 is 15.9 Å². The fourth-order valence-electron chi connectivity index (χ4n) is 1.37. The summed E-state index contributed by atoms with van der Waals surface area (Å²) in [5.41, 5.74) is 2.98. The first-order chi connectivity index (χ1) is 6.56. The van der Waals surface area contributed by atoms with Crippen molar-refractivity contribution in [2.75, 3.05) is 13.6 Å². The maximum atomic E-state index is 11.6. The van der Waals surface area contributed by atoms with Gasteiger partial charge in [-0.05, 0) is 44.2 Å². The SMILES string of the molecule is CNCC(=O)c1cc(C)c(Br)c(C)c1. The molecule has 1 aromatic carbocycles. The standard InChI is InChI=1S/C11H14BrNO/c1-7-4-9(10(14)6-13-3)5-8(2)11(7)12/h4-5,13H,6H2,1-3H3. The number of hydrogen-bond acceptors (Lipinski definition) is 2. The van der Waals surface area contributed by atoms with Crippen molar-refractivity contribution in [2.45, 2.75) is 13.8 Å². The Morgan fingerprint density at radius 1 is 1.36 bits per heavy atom. The van der Waals surface area contributed by atoms with Gasteiger partial charge in [0.2, 0.25) is 0 Å². The topological polar surface area (TPSA) is 29.1 Å². The van der Waals surface area contributed by atoms with E-state index in [-0.39, 0.29) is 5.78 Å². The molecule has 2 nitrogen and oxygen atoms in total. The van der Waals surface area contributed by atoms with Crippen molar-refractivity contribution in [1.82, 2.24) is 5.32 Å². The van der Waals surface area contributed by atoms with Gasteiger partial charge in [-0.2, -0.15) is 0 Å². The summed E-state index contributed by atoms with van der Waals surface area (Å²) in [7, 11) is 1.77. The summed E-state index contributed by atoms with van der Waals surface area (Å²) in [6.45, 7) is 4.38. The Morgan fingerprint density at radius 3 is 2.29 bits per heavy atom. The first-order valence-corrected chi connectivity index (χ1v) is 5.30. The predicted octanol–water partition coefficient (Wildman–Crippen LogP) is 2.47. The molecule has 0 aromatic heterocycles. The summed E-state index contributed by atoms with van der Waals surface area (Å²) in [5, 5.41) is 2.86. The quantitative estimate of drug-likeness (QED) is 0.842. The molecule has 0 unspecified atom stereocenters. The minimum atomic E-state index is 0.131. The van der Waals surface area contributed by atoms with Crippen molar-refractivity contribution < 1.29 is 4.79 Å². The molecule has 0 fully saturated rings. The lowest BCUT2D eigenvalue weighted by molar-refractivity contribution is 0.0993. The normalized spacial score (nSPS) is 10.3. The van der Waals surface area contributed by atoms with Crippen LogP contribution in [0.5, 0.6) is 0 Å². The van der Waals surface area contributed by atoms with Gasteiger partial charge in [0, 0.05) is 10.0 Å². The van der Waals surface area contributed by atoms with Crippen molar-refractivity contribution in [2.24, 2.45) is 0 Å². The van der Waals surface area contributed by atoms with E-state index < -0.39 is 0 Å². The second-order valence-corrected chi connectivity index (χ2v) is 4.17. The number of aryl methyl sites for hydroxylation is 2. The third-order valence-electron chi connectivity index (χ3n) is 2.10. The molecule has 0 aliphatic heterocycles. The predicted molar refractivity (Wildman–Crippen MR) is 61.9 cm³/mol. The van der Waals surface area contributed by atoms with Crippen LogP contribution in [-0.4, -0.2) is 19.4 Å². The average molecular weight is 256 g/mol. The Morgan fingerprint density at radius 2 is 1.86 bits per heavy atom. The summed E-state index contributed by atoms with van der Waals surface area (Å²) >= 11 is 3.47. The number of carbonyl (C=O) groups excluding carboxylic acids is 1. The summed E-state index contributed by atoms with van der Waals surface area (Å²) in [5.74, 6) is 0.131. The van der Waals surface area contributed by atoms with E-state index in [1.54, 1.807) is 7.05 Å². The summed E-state index contributed by atoms with van der Waals surface area (Å²) < 4.78 is 1.08. The van der Waals surface area contributed by atoms with Crippen molar-refractivity contribution in [3.8, 4) is 0 Å². The van der Waals surface area contributed by atoms with E-state index in [1.807, 2.05) is 26.0 Å². The van der Waals surface area contributed by atoms with Gasteiger partial charge < -0.3 is 5.32 Å². The number of halogens is 1. The van der Waals surface area contributed by atoms with E-state index in [1.165, 1.54) is 0 Å². The lowest BCUT2D eigenvalue weighted by Gasteiger charge is -2.06. The number of hydrogen-bond donors (Lipinski definition) is 1. The van der Waals surface area contributed by atoms with E-state index in [0.717, 1.165) is 21.2 Å². The number of Topliss-reactive ketones (excluding diaryl/α,β-unsaturated/α-hetero) is 1. The molecular formula is C11H14BrNO. The van der Waals surface area contributed by atoms with E-state index in [2.05, 4.69) is 21.2 Å². The van der Waals surface area contributed by atoms with Gasteiger partial charge in [0.15, 0.2) is 5.78 Å². The van der Waals surface area contributed by atoms with Crippen molar-refractivity contribution in [3.05, 3.63) is 33.3 Å². The highest BCUT2D eigenvalue weighted by atomic mass is 79.9. The van der Waals surface area contributed by atoms with Crippen molar-refractivity contribution >= 4 is 21.7 Å². The Balaban J connectivity index is 3.06. The first-order valence-electron chi connectivity index (χ1n) is 4.50. The van der Waals surface area contributed by atoms with E-state index >= 15 is 0 Å². The first kappa shape index (κ1) is 11.4. The minimum Gasteiger partial charge on any atom is -0.313 e. The minimum absolute atomic E-state index is 0.131. The largest absolute Gasteiger partial charge is 0.313 e. The van der Waals surface area contributed by atoms with E-state index in [9.17, 15) is 4.79 Å². The van der Waals surface area contributed by atoms with Crippen molar-refractivity contribution in [3.63, 3.8) is 0 Å². The Kier molecular flexibility index (Phi) is 3.84. The number of nitrogens with one attached hydrogen (secondary N) is 1. The molecule has 0 bridgehead atoms. The molecule has 76 valence electrons. The summed E-state index contributed by atoms with van der Waals surface area (Å²) in [6, 6.07) is 3.83. The van der Waals surface area contributed by atoms with Crippen LogP contribution in [0.4, 0.5) is 0 Å². The third kappa shape index (κ3) is 2.42. The maximum absolute atomic E-state index is 11.6. The highest BCUT2D eigenvalue weighted by Gasteiger charge is 2.08. The highest BCUT2D eigenvalue weighted by molar-refractivity contribution is 9.10. The van der Waals surface area contributed by atoms with Gasteiger partial charge in [0.25, 0.3) is 0 Å². The molecular weight excluding hydrogens is 242 g/mol. The van der Waals surface area contributed by atoms with Gasteiger partial charge in [-0.1, -0.05) is 15.9 Å². The molecule has 14 heavy (non-hydrogen) atoms. The fourth-order valence-corrected chi connectivity index (χ4v) is 1.60. The number of rotatable bonds is 3. The van der Waals surface area contributed by atoms with E-state index in [0.29, 0.717) is 6.54 Å². The molecule has 0 amide bonds. The second-order valence-electron chi connectivity index (χ2n) is 3.38. The van der Waals surface area contributed by atoms with Gasteiger partial charge >= 0.3 is 0 Å². The average Bonchev–Trinajstić information content (AvgIpc) is 2.13. The van der Waals surface area contributed by atoms with Crippen LogP contribution in [0, 0.1) is 13.8 Å². The molecule has 3 heteroatoms. The number of carbonyl (C=O) groups is 1. The highest BCUT2D eigenvalue weighted by Crippen LogP contribution is 2.22. The molecule has 1 rings (SSSR count). The molecule has 0 radical (unpaired) electrons. The third-order valence-corrected chi connectivity index (χ3v) is 3.35. The van der Waals surface area contributed by atoms with Crippen LogP contribution in [0.25, 0.3) is 0 Å². The fraction of sp³-hybridized carbons (Fsp3) is 0.364. The molecule has 1 N–H and O–H groups in total. The molecule has 0 atom stereocenters. The van der Waals surface area contributed by atoms with Crippen LogP contribution in [0.3, 0.4) is 0 Å². The van der Waals surface area contributed by atoms with Gasteiger partial charge in [-0.15, -0.1) is 0 Å². The van der Waals surface area contributed by atoms with Crippen LogP contribution in [0.2, 0.25) is 0 Å². The molecule has 0 spiro atoms. The number of likely N-dealkylation sites (N-methyl/N-ethyl adjacent to an activating group) is 1. The number of benzene rings is 1. The molecule has 0 saturated heterocycles. The second kappa shape index (κ2) is 4.71. The summed E-state index contributed by atoms with van der Waals surface area (Å²) in [4.78, 5) is 11.6. The zero-order valence-corrected chi connectivity index (χ0v) is 10.2. The van der Waals surface area contributed by atoms with Crippen LogP contribution in [-0.2, 0) is 0 Å². The lowest BCUT2D eigenvalue weighted by Crippen LogP contribution is -2.18. The Hall–Kier alpha value is -0.670. The Labute approximate surface area is 92.8 Å². The molecule has 0 heterocycles. The smallest absolute Gasteiger partial charge is 0.176 e. The zero-order chi connectivity index (χ0) is 10.7. The molecule has 0 aliphatic carbocycles. The van der Waals surface area contributed by atoms with Gasteiger partial charge in [-0.25, -0.2) is 0 Å². The Bertz CT molecular complexity index is 337. The van der Waals surface area contributed by atoms with Gasteiger partial charge in [0.05, 0.1) is 6.54 Å².